The predicted octanol–water partition coefficient (Wildman–Crippen LogP) is 3.21. The highest BCUT2D eigenvalue weighted by atomic mass is 19.1. The number of aryl methyl sites for hydroxylation is 2. The summed E-state index contributed by atoms with van der Waals surface area (Å²) in [6, 6.07) is 5.18. The molecule has 0 aliphatic rings. The van der Waals surface area contributed by atoms with Crippen molar-refractivity contribution in [2.24, 2.45) is 0 Å². The highest BCUT2D eigenvalue weighted by Gasteiger charge is 2.16. The fourth-order valence-electron chi connectivity index (χ4n) is 1.59. The molecule has 2 nitrogen and oxygen atoms in total. The van der Waals surface area contributed by atoms with Crippen molar-refractivity contribution in [1.82, 2.24) is 4.98 Å². The van der Waals surface area contributed by atoms with Gasteiger partial charge < -0.3 is 0 Å². The van der Waals surface area contributed by atoms with Gasteiger partial charge in [0, 0.05) is 23.5 Å². The minimum atomic E-state index is -0.858. The van der Waals surface area contributed by atoms with Crippen LogP contribution in [0, 0.1) is 25.5 Å². The van der Waals surface area contributed by atoms with Gasteiger partial charge in [0.1, 0.15) is 11.6 Å². The molecule has 1 aromatic carbocycles. The van der Waals surface area contributed by atoms with Crippen molar-refractivity contribution in [1.29, 1.82) is 0 Å². The molecule has 0 saturated heterocycles. The quantitative estimate of drug-likeness (QED) is 0.763. The number of pyridine rings is 1. The highest BCUT2D eigenvalue weighted by Crippen LogP contribution is 2.17. The van der Waals surface area contributed by atoms with E-state index in [1.807, 2.05) is 0 Å². The van der Waals surface area contributed by atoms with Crippen LogP contribution in [0.1, 0.15) is 27.2 Å². The average molecular weight is 247 g/mol. The summed E-state index contributed by atoms with van der Waals surface area (Å²) in [5, 5.41) is 0. The van der Waals surface area contributed by atoms with Crippen molar-refractivity contribution in [2.75, 3.05) is 0 Å². The maximum atomic E-state index is 13.6. The number of ketones is 1. The summed E-state index contributed by atoms with van der Waals surface area (Å²) in [7, 11) is 0. The number of benzene rings is 1. The summed E-state index contributed by atoms with van der Waals surface area (Å²) in [4.78, 5) is 16.0. The molecule has 0 bridgehead atoms. The molecular weight excluding hydrogens is 236 g/mol. The summed E-state index contributed by atoms with van der Waals surface area (Å²) in [6.45, 7) is 3.27. The van der Waals surface area contributed by atoms with Gasteiger partial charge in [0.2, 0.25) is 0 Å². The van der Waals surface area contributed by atoms with Crippen molar-refractivity contribution in [3.63, 3.8) is 0 Å². The van der Waals surface area contributed by atoms with Crippen LogP contribution in [-0.2, 0) is 0 Å². The molecule has 0 radical (unpaired) electrons. The number of carbonyl (C=O) groups is 1. The van der Waals surface area contributed by atoms with Crippen LogP contribution in [-0.4, -0.2) is 10.8 Å². The molecule has 0 unspecified atom stereocenters. The Morgan fingerprint density at radius 2 is 1.83 bits per heavy atom. The molecular formula is C14H11F2NO. The second kappa shape index (κ2) is 4.64. The molecule has 0 saturated carbocycles. The minimum absolute atomic E-state index is 0.139. The molecule has 1 heterocycles. The lowest BCUT2D eigenvalue weighted by Crippen LogP contribution is -2.06. The van der Waals surface area contributed by atoms with Crippen LogP contribution in [0.25, 0.3) is 0 Å². The van der Waals surface area contributed by atoms with E-state index in [9.17, 15) is 13.6 Å². The largest absolute Gasteiger partial charge is 0.288 e. The number of halogens is 2. The lowest BCUT2D eigenvalue weighted by Gasteiger charge is -2.05. The predicted molar refractivity (Wildman–Crippen MR) is 63.5 cm³/mol. The fraction of sp³-hybridized carbons (Fsp3) is 0.143. The first-order chi connectivity index (χ1) is 8.49. The van der Waals surface area contributed by atoms with E-state index in [-0.39, 0.29) is 16.7 Å². The Labute approximate surface area is 103 Å². The van der Waals surface area contributed by atoms with Crippen LogP contribution in [0.4, 0.5) is 8.78 Å². The van der Waals surface area contributed by atoms with Crippen molar-refractivity contribution in [3.05, 3.63) is 64.5 Å². The summed E-state index contributed by atoms with van der Waals surface area (Å²) in [5.74, 6) is -2.02. The third kappa shape index (κ3) is 2.27. The minimum Gasteiger partial charge on any atom is -0.288 e. The van der Waals surface area contributed by atoms with Crippen LogP contribution in [0.5, 0.6) is 0 Å². The Morgan fingerprint density at radius 1 is 1.11 bits per heavy atom. The summed E-state index contributed by atoms with van der Waals surface area (Å²) in [5.41, 5.74) is 1.15. The van der Waals surface area contributed by atoms with Crippen LogP contribution < -0.4 is 0 Å². The molecule has 0 fully saturated rings. The summed E-state index contributed by atoms with van der Waals surface area (Å²) < 4.78 is 26.7. The summed E-state index contributed by atoms with van der Waals surface area (Å²) in [6.07, 6.45) is 1.38. The lowest BCUT2D eigenvalue weighted by atomic mass is 10.0. The highest BCUT2D eigenvalue weighted by molar-refractivity contribution is 6.09. The number of nitrogens with zero attached hydrogens (tertiary/aromatic N) is 1. The SMILES string of the molecule is Cc1ccc(C(=O)c2cc(C)c(F)cc2F)cn1. The number of rotatable bonds is 2. The first kappa shape index (κ1) is 12.4. The van der Waals surface area contributed by atoms with Gasteiger partial charge in [0.05, 0.1) is 5.56 Å². The van der Waals surface area contributed by atoms with Gasteiger partial charge in [0.25, 0.3) is 0 Å². The Hall–Kier alpha value is -2.10. The number of hydrogen-bond acceptors (Lipinski definition) is 2. The molecule has 0 atom stereocenters. The zero-order valence-electron chi connectivity index (χ0n) is 10.00. The van der Waals surface area contributed by atoms with Gasteiger partial charge >= 0.3 is 0 Å². The van der Waals surface area contributed by atoms with Crippen molar-refractivity contribution in [2.45, 2.75) is 13.8 Å². The molecule has 2 rings (SSSR count). The Kier molecular flexibility index (Phi) is 3.19. The van der Waals surface area contributed by atoms with E-state index in [1.54, 1.807) is 19.1 Å². The average Bonchev–Trinajstić information content (AvgIpc) is 2.34. The normalized spacial score (nSPS) is 10.4. The fourth-order valence-corrected chi connectivity index (χ4v) is 1.59. The zero-order chi connectivity index (χ0) is 13.3. The standard InChI is InChI=1S/C14H11F2NO/c1-8-5-11(13(16)6-12(8)15)14(18)10-4-3-9(2)17-7-10/h3-7H,1-2H3. The van der Waals surface area contributed by atoms with Gasteiger partial charge in [-0.3, -0.25) is 9.78 Å². The van der Waals surface area contributed by atoms with Gasteiger partial charge in [-0.05, 0) is 37.6 Å². The van der Waals surface area contributed by atoms with Crippen LogP contribution in [0.3, 0.4) is 0 Å². The Bertz CT molecular complexity index is 606. The van der Waals surface area contributed by atoms with Gasteiger partial charge in [-0.15, -0.1) is 0 Å². The monoisotopic (exact) mass is 247 g/mol. The first-order valence-electron chi connectivity index (χ1n) is 5.42. The summed E-state index contributed by atoms with van der Waals surface area (Å²) >= 11 is 0. The van der Waals surface area contributed by atoms with Crippen LogP contribution >= 0.6 is 0 Å². The molecule has 18 heavy (non-hydrogen) atoms. The third-order valence-electron chi connectivity index (χ3n) is 2.67. The van der Waals surface area contributed by atoms with Gasteiger partial charge in [-0.25, -0.2) is 8.78 Å². The number of hydrogen-bond donors (Lipinski definition) is 0. The van der Waals surface area contributed by atoms with E-state index in [2.05, 4.69) is 4.98 Å². The molecule has 1 aromatic heterocycles. The molecule has 92 valence electrons. The van der Waals surface area contributed by atoms with Gasteiger partial charge in [-0.2, -0.15) is 0 Å². The third-order valence-corrected chi connectivity index (χ3v) is 2.67. The molecule has 0 aliphatic heterocycles. The Morgan fingerprint density at radius 3 is 2.44 bits per heavy atom. The second-order valence-electron chi connectivity index (χ2n) is 4.10. The van der Waals surface area contributed by atoms with Crippen LogP contribution in [0.2, 0.25) is 0 Å². The Balaban J connectivity index is 2.46. The molecule has 0 aliphatic carbocycles. The second-order valence-corrected chi connectivity index (χ2v) is 4.10. The van der Waals surface area contributed by atoms with E-state index in [0.717, 1.165) is 11.8 Å². The van der Waals surface area contributed by atoms with E-state index < -0.39 is 17.4 Å². The smallest absolute Gasteiger partial charge is 0.197 e. The van der Waals surface area contributed by atoms with Gasteiger partial charge in [-0.1, -0.05) is 0 Å². The van der Waals surface area contributed by atoms with Crippen molar-refractivity contribution in [3.8, 4) is 0 Å². The van der Waals surface area contributed by atoms with E-state index >= 15 is 0 Å². The molecule has 2 aromatic rings. The van der Waals surface area contributed by atoms with E-state index in [0.29, 0.717) is 0 Å². The number of aromatic nitrogens is 1. The molecule has 0 N–H and O–H groups in total. The lowest BCUT2D eigenvalue weighted by molar-refractivity contribution is 0.103. The molecule has 4 heteroatoms. The maximum absolute atomic E-state index is 13.6. The topological polar surface area (TPSA) is 30.0 Å². The zero-order valence-corrected chi connectivity index (χ0v) is 10.00. The molecule has 0 amide bonds. The first-order valence-corrected chi connectivity index (χ1v) is 5.42. The van der Waals surface area contributed by atoms with E-state index in [1.165, 1.54) is 19.2 Å². The number of carbonyl (C=O) groups excluding carboxylic acids is 1. The maximum Gasteiger partial charge on any atom is 0.197 e. The molecule has 0 spiro atoms. The van der Waals surface area contributed by atoms with Crippen molar-refractivity contribution >= 4 is 5.78 Å². The van der Waals surface area contributed by atoms with Crippen molar-refractivity contribution < 1.29 is 13.6 Å². The van der Waals surface area contributed by atoms with Crippen LogP contribution in [0.15, 0.2) is 30.5 Å². The van der Waals surface area contributed by atoms with E-state index in [4.69, 9.17) is 0 Å². The van der Waals surface area contributed by atoms with Gasteiger partial charge in [0.15, 0.2) is 5.78 Å².